The average molecular weight is 545 g/mol. The van der Waals surface area contributed by atoms with Gasteiger partial charge < -0.3 is 30.3 Å². The van der Waals surface area contributed by atoms with Crippen molar-refractivity contribution in [3.05, 3.63) is 29.8 Å². The summed E-state index contributed by atoms with van der Waals surface area (Å²) in [4.78, 5) is 18.8. The molecule has 0 radical (unpaired) electrons. The quantitative estimate of drug-likeness (QED) is 0.192. The van der Waals surface area contributed by atoms with Crippen molar-refractivity contribution in [2.24, 2.45) is 4.99 Å². The number of benzene rings is 1. The number of hydrogen-bond donors (Lipinski definition) is 3. The highest BCUT2D eigenvalue weighted by Crippen LogP contribution is 2.14. The summed E-state index contributed by atoms with van der Waals surface area (Å²) in [7, 11) is 0. The molecule has 31 heavy (non-hydrogen) atoms. The molecule has 2 saturated heterocycles. The fraction of sp³-hybridized carbons (Fsp3) is 0.636. The number of rotatable bonds is 9. The Kier molecular flexibility index (Phi) is 12.0. The number of ether oxygens (including phenoxy) is 2. The van der Waals surface area contributed by atoms with Crippen LogP contribution in [-0.2, 0) is 16.0 Å². The summed E-state index contributed by atoms with van der Waals surface area (Å²) in [6.07, 6.45) is 4.34. The maximum Gasteiger partial charge on any atom is 0.321 e. The highest BCUT2D eigenvalue weighted by Gasteiger charge is 2.17. The zero-order chi connectivity index (χ0) is 21.0. The van der Waals surface area contributed by atoms with E-state index in [0.717, 1.165) is 88.9 Å². The number of aliphatic imine (C=N–C) groups is 1. The third-order valence-corrected chi connectivity index (χ3v) is 5.19. The fourth-order valence-electron chi connectivity index (χ4n) is 3.56. The molecule has 0 saturated carbocycles. The summed E-state index contributed by atoms with van der Waals surface area (Å²) in [5.74, 6) is 0.785. The van der Waals surface area contributed by atoms with E-state index in [9.17, 15) is 4.79 Å². The first-order valence-corrected chi connectivity index (χ1v) is 11.1. The first kappa shape index (κ1) is 25.7. The molecule has 174 valence electrons. The van der Waals surface area contributed by atoms with Crippen LogP contribution in [0.1, 0.15) is 38.2 Å². The van der Waals surface area contributed by atoms with E-state index in [0.29, 0.717) is 6.54 Å². The number of nitrogens with one attached hydrogen (secondary N) is 3. The molecular weight excluding hydrogens is 509 g/mol. The predicted molar refractivity (Wildman–Crippen MR) is 134 cm³/mol. The number of guanidine groups is 1. The van der Waals surface area contributed by atoms with E-state index in [1.165, 1.54) is 0 Å². The standard InChI is InChI=1S/C22H35N5O3.HI/c1-2-23-21(24-10-6-13-30-20-9-14-29-17-20)25-16-18-7-5-8-19(15-18)26-22(28)27-11-3-4-12-27;/h5,7-8,15,20H,2-4,6,9-14,16-17H2,1H3,(H,26,28)(H2,23,24,25);1H. The van der Waals surface area contributed by atoms with Gasteiger partial charge in [-0.25, -0.2) is 9.79 Å². The van der Waals surface area contributed by atoms with Gasteiger partial charge in [-0.3, -0.25) is 0 Å². The summed E-state index contributed by atoms with van der Waals surface area (Å²) in [6, 6.07) is 7.86. The van der Waals surface area contributed by atoms with Crippen LogP contribution in [0, 0.1) is 0 Å². The Bertz CT molecular complexity index is 691. The first-order chi connectivity index (χ1) is 14.7. The molecule has 0 bridgehead atoms. The van der Waals surface area contributed by atoms with Gasteiger partial charge in [0.05, 0.1) is 19.3 Å². The third-order valence-electron chi connectivity index (χ3n) is 5.19. The van der Waals surface area contributed by atoms with E-state index in [1.807, 2.05) is 29.2 Å². The van der Waals surface area contributed by atoms with Crippen molar-refractivity contribution in [1.82, 2.24) is 15.5 Å². The van der Waals surface area contributed by atoms with Crippen LogP contribution in [-0.4, -0.2) is 69.0 Å². The number of likely N-dealkylation sites (tertiary alicyclic amines) is 1. The summed E-state index contributed by atoms with van der Waals surface area (Å²) >= 11 is 0. The van der Waals surface area contributed by atoms with Gasteiger partial charge in [-0.05, 0) is 50.3 Å². The number of anilines is 1. The molecule has 0 aromatic heterocycles. The second-order valence-corrected chi connectivity index (χ2v) is 7.66. The Hall–Kier alpha value is -1.59. The van der Waals surface area contributed by atoms with E-state index in [1.54, 1.807) is 0 Å². The van der Waals surface area contributed by atoms with Crippen LogP contribution < -0.4 is 16.0 Å². The molecule has 2 amide bonds. The van der Waals surface area contributed by atoms with Crippen molar-refractivity contribution in [1.29, 1.82) is 0 Å². The fourth-order valence-corrected chi connectivity index (χ4v) is 3.56. The summed E-state index contributed by atoms with van der Waals surface area (Å²) in [5.41, 5.74) is 1.86. The van der Waals surface area contributed by atoms with Crippen molar-refractivity contribution in [3.63, 3.8) is 0 Å². The number of halogens is 1. The second-order valence-electron chi connectivity index (χ2n) is 7.66. The molecule has 1 atom stereocenters. The van der Waals surface area contributed by atoms with Crippen molar-refractivity contribution >= 4 is 41.7 Å². The smallest absolute Gasteiger partial charge is 0.321 e. The van der Waals surface area contributed by atoms with Crippen LogP contribution >= 0.6 is 24.0 Å². The Morgan fingerprint density at radius 3 is 2.87 bits per heavy atom. The number of urea groups is 1. The van der Waals surface area contributed by atoms with Gasteiger partial charge in [0, 0.05) is 45.1 Å². The van der Waals surface area contributed by atoms with Gasteiger partial charge in [0.1, 0.15) is 0 Å². The first-order valence-electron chi connectivity index (χ1n) is 11.1. The highest BCUT2D eigenvalue weighted by molar-refractivity contribution is 14.0. The van der Waals surface area contributed by atoms with Gasteiger partial charge in [0.2, 0.25) is 0 Å². The molecular formula is C22H36IN5O3. The molecule has 1 aromatic rings. The predicted octanol–water partition coefficient (Wildman–Crippen LogP) is 3.18. The molecule has 0 aliphatic carbocycles. The van der Waals surface area contributed by atoms with Crippen LogP contribution in [0.25, 0.3) is 0 Å². The normalized spacial score (nSPS) is 18.5. The molecule has 2 fully saturated rings. The molecule has 3 N–H and O–H groups in total. The molecule has 9 heteroatoms. The van der Waals surface area contributed by atoms with Gasteiger partial charge >= 0.3 is 6.03 Å². The van der Waals surface area contributed by atoms with Gasteiger partial charge in [0.15, 0.2) is 5.96 Å². The SMILES string of the molecule is CCNC(=NCc1cccc(NC(=O)N2CCCC2)c1)NCCCOC1CCOC1.I. The van der Waals surface area contributed by atoms with Crippen LogP contribution in [0.15, 0.2) is 29.3 Å². The van der Waals surface area contributed by atoms with E-state index in [4.69, 9.17) is 9.47 Å². The lowest BCUT2D eigenvalue weighted by molar-refractivity contribution is 0.0420. The minimum atomic E-state index is -0.0189. The lowest BCUT2D eigenvalue weighted by atomic mass is 10.2. The van der Waals surface area contributed by atoms with Crippen molar-refractivity contribution in [3.8, 4) is 0 Å². The topological polar surface area (TPSA) is 87.2 Å². The average Bonchev–Trinajstić information content (AvgIpc) is 3.46. The van der Waals surface area contributed by atoms with Gasteiger partial charge in [-0.2, -0.15) is 0 Å². The second kappa shape index (κ2) is 14.5. The van der Waals surface area contributed by atoms with E-state index < -0.39 is 0 Å². The Balaban J connectivity index is 0.00000341. The molecule has 2 aliphatic rings. The lowest BCUT2D eigenvalue weighted by Crippen LogP contribution is -2.38. The minimum absolute atomic E-state index is 0. The monoisotopic (exact) mass is 545 g/mol. The molecule has 1 unspecified atom stereocenters. The van der Waals surface area contributed by atoms with Crippen LogP contribution in [0.5, 0.6) is 0 Å². The number of nitrogens with zero attached hydrogens (tertiary/aromatic N) is 2. The Morgan fingerprint density at radius 1 is 1.29 bits per heavy atom. The van der Waals surface area contributed by atoms with Crippen molar-refractivity contribution in [2.75, 3.05) is 51.3 Å². The van der Waals surface area contributed by atoms with Crippen molar-refractivity contribution < 1.29 is 14.3 Å². The lowest BCUT2D eigenvalue weighted by Gasteiger charge is -2.16. The van der Waals surface area contributed by atoms with E-state index in [2.05, 4.69) is 27.9 Å². The maximum absolute atomic E-state index is 12.3. The van der Waals surface area contributed by atoms with Gasteiger partial charge in [-0.15, -0.1) is 24.0 Å². The molecule has 2 aliphatic heterocycles. The molecule has 1 aromatic carbocycles. The van der Waals surface area contributed by atoms with Crippen LogP contribution in [0.4, 0.5) is 10.5 Å². The van der Waals surface area contributed by atoms with Crippen molar-refractivity contribution in [2.45, 2.75) is 45.3 Å². The summed E-state index contributed by atoms with van der Waals surface area (Å²) in [6.45, 7) is 8.12. The maximum atomic E-state index is 12.3. The molecule has 3 rings (SSSR count). The molecule has 2 heterocycles. The van der Waals surface area contributed by atoms with Crippen LogP contribution in [0.3, 0.4) is 0 Å². The molecule has 0 spiro atoms. The highest BCUT2D eigenvalue weighted by atomic mass is 127. The number of carbonyl (C=O) groups excluding carboxylic acids is 1. The van der Waals surface area contributed by atoms with Crippen LogP contribution in [0.2, 0.25) is 0 Å². The zero-order valence-electron chi connectivity index (χ0n) is 18.4. The van der Waals surface area contributed by atoms with Gasteiger partial charge in [-0.1, -0.05) is 12.1 Å². The third kappa shape index (κ3) is 9.20. The van der Waals surface area contributed by atoms with E-state index >= 15 is 0 Å². The van der Waals surface area contributed by atoms with Gasteiger partial charge in [0.25, 0.3) is 0 Å². The number of hydrogen-bond acceptors (Lipinski definition) is 4. The summed E-state index contributed by atoms with van der Waals surface area (Å²) in [5, 5.41) is 9.61. The zero-order valence-corrected chi connectivity index (χ0v) is 20.7. The summed E-state index contributed by atoms with van der Waals surface area (Å²) < 4.78 is 11.1. The number of carbonyl (C=O) groups is 1. The Morgan fingerprint density at radius 2 is 2.13 bits per heavy atom. The molecule has 8 nitrogen and oxygen atoms in total. The minimum Gasteiger partial charge on any atom is -0.379 e. The Labute approximate surface area is 202 Å². The van der Waals surface area contributed by atoms with E-state index in [-0.39, 0.29) is 36.1 Å². The number of amides is 2. The largest absolute Gasteiger partial charge is 0.379 e.